The van der Waals surface area contributed by atoms with Crippen LogP contribution in [0.25, 0.3) is 0 Å². The fourth-order valence-corrected chi connectivity index (χ4v) is 2.93. The Kier molecular flexibility index (Phi) is 4.97. The van der Waals surface area contributed by atoms with Gasteiger partial charge in [-0.1, -0.05) is 17.7 Å². The Morgan fingerprint density at radius 2 is 1.46 bits per heavy atom. The zero-order valence-corrected chi connectivity index (χ0v) is 14.1. The van der Waals surface area contributed by atoms with E-state index in [0.717, 1.165) is 17.7 Å². The number of carbonyl (C=O) groups excluding carboxylic acids is 2. The summed E-state index contributed by atoms with van der Waals surface area (Å²) in [5, 5.41) is 0. The minimum atomic E-state index is -1.66. The first-order valence-corrected chi connectivity index (χ1v) is 8.17. The quantitative estimate of drug-likeness (QED) is 0.771. The number of halogens is 3. The van der Waals surface area contributed by atoms with Gasteiger partial charge in [0.2, 0.25) is 0 Å². The minimum absolute atomic E-state index is 0.139. The van der Waals surface area contributed by atoms with Crippen LogP contribution in [0.2, 0.25) is 0 Å². The van der Waals surface area contributed by atoms with Crippen LogP contribution in [0.15, 0.2) is 36.4 Å². The summed E-state index contributed by atoms with van der Waals surface area (Å²) in [5.74, 6) is -5.35. The van der Waals surface area contributed by atoms with Gasteiger partial charge in [0.25, 0.3) is 11.8 Å². The van der Waals surface area contributed by atoms with Gasteiger partial charge >= 0.3 is 0 Å². The summed E-state index contributed by atoms with van der Waals surface area (Å²) in [4.78, 5) is 27.8. The van der Waals surface area contributed by atoms with E-state index >= 15 is 0 Å². The molecule has 1 fully saturated rings. The van der Waals surface area contributed by atoms with Gasteiger partial charge in [0.05, 0.1) is 5.56 Å². The van der Waals surface area contributed by atoms with Crippen LogP contribution in [0.3, 0.4) is 0 Å². The third kappa shape index (κ3) is 3.42. The van der Waals surface area contributed by atoms with Crippen molar-refractivity contribution in [3.05, 3.63) is 70.5 Å². The Hall–Kier alpha value is -2.83. The zero-order valence-electron chi connectivity index (χ0n) is 14.1. The molecule has 1 aliphatic heterocycles. The second-order valence-corrected chi connectivity index (χ2v) is 6.18. The summed E-state index contributed by atoms with van der Waals surface area (Å²) < 4.78 is 40.1. The predicted octanol–water partition coefficient (Wildman–Crippen LogP) is 3.01. The van der Waals surface area contributed by atoms with Crippen molar-refractivity contribution in [2.24, 2.45) is 0 Å². The van der Waals surface area contributed by atoms with Gasteiger partial charge in [-0.05, 0) is 31.2 Å². The fourth-order valence-electron chi connectivity index (χ4n) is 2.93. The molecule has 0 saturated carbocycles. The molecular weight excluding hydrogens is 345 g/mol. The van der Waals surface area contributed by atoms with E-state index in [2.05, 4.69) is 0 Å². The third-order valence-electron chi connectivity index (χ3n) is 4.38. The predicted molar refractivity (Wildman–Crippen MR) is 89.3 cm³/mol. The summed E-state index contributed by atoms with van der Waals surface area (Å²) in [6, 6.07) is 8.86. The molecule has 0 aromatic heterocycles. The van der Waals surface area contributed by atoms with Crippen molar-refractivity contribution in [3.63, 3.8) is 0 Å². The Morgan fingerprint density at radius 3 is 2.08 bits per heavy atom. The maximum Gasteiger partial charge on any atom is 0.257 e. The average Bonchev–Trinajstić information content (AvgIpc) is 2.65. The number of carbonyl (C=O) groups is 2. The van der Waals surface area contributed by atoms with Gasteiger partial charge in [-0.3, -0.25) is 9.59 Å². The molecule has 0 spiro atoms. The number of rotatable bonds is 2. The van der Waals surface area contributed by atoms with Crippen molar-refractivity contribution in [2.75, 3.05) is 26.2 Å². The molecule has 0 radical (unpaired) electrons. The van der Waals surface area contributed by atoms with Crippen LogP contribution >= 0.6 is 0 Å². The van der Waals surface area contributed by atoms with Gasteiger partial charge < -0.3 is 9.80 Å². The van der Waals surface area contributed by atoms with Gasteiger partial charge in [-0.25, -0.2) is 13.2 Å². The highest BCUT2D eigenvalue weighted by atomic mass is 19.2. The highest BCUT2D eigenvalue weighted by Gasteiger charge is 2.28. The number of aryl methyl sites for hydroxylation is 1. The van der Waals surface area contributed by atoms with Gasteiger partial charge in [-0.2, -0.15) is 0 Å². The van der Waals surface area contributed by atoms with Gasteiger partial charge in [0.15, 0.2) is 17.5 Å². The molecule has 0 bridgehead atoms. The Morgan fingerprint density at radius 1 is 0.846 bits per heavy atom. The molecule has 3 rings (SSSR count). The lowest BCUT2D eigenvalue weighted by Crippen LogP contribution is -2.50. The first-order chi connectivity index (χ1) is 12.4. The van der Waals surface area contributed by atoms with Gasteiger partial charge in [0, 0.05) is 31.7 Å². The number of benzene rings is 2. The van der Waals surface area contributed by atoms with Crippen LogP contribution < -0.4 is 0 Å². The highest BCUT2D eigenvalue weighted by molar-refractivity contribution is 5.96. The van der Waals surface area contributed by atoms with Crippen LogP contribution in [0.4, 0.5) is 13.2 Å². The Balaban J connectivity index is 1.68. The lowest BCUT2D eigenvalue weighted by Gasteiger charge is -2.35. The number of hydrogen-bond donors (Lipinski definition) is 0. The van der Waals surface area contributed by atoms with E-state index in [-0.39, 0.29) is 32.1 Å². The number of amides is 2. The van der Waals surface area contributed by atoms with E-state index in [1.807, 2.05) is 13.0 Å². The average molecular weight is 362 g/mol. The summed E-state index contributed by atoms with van der Waals surface area (Å²) in [5.41, 5.74) is 1.03. The third-order valence-corrected chi connectivity index (χ3v) is 4.38. The van der Waals surface area contributed by atoms with Crippen LogP contribution in [0, 0.1) is 24.4 Å². The van der Waals surface area contributed by atoms with Crippen LogP contribution in [0.5, 0.6) is 0 Å². The molecular formula is C19H17F3N2O2. The van der Waals surface area contributed by atoms with Crippen molar-refractivity contribution in [3.8, 4) is 0 Å². The summed E-state index contributed by atoms with van der Waals surface area (Å²) >= 11 is 0. The van der Waals surface area contributed by atoms with Gasteiger partial charge in [-0.15, -0.1) is 0 Å². The highest BCUT2D eigenvalue weighted by Crippen LogP contribution is 2.18. The molecule has 2 aromatic rings. The second-order valence-electron chi connectivity index (χ2n) is 6.18. The van der Waals surface area contributed by atoms with E-state index in [0.29, 0.717) is 5.56 Å². The van der Waals surface area contributed by atoms with E-state index < -0.39 is 28.9 Å². The molecule has 2 amide bonds. The smallest absolute Gasteiger partial charge is 0.257 e. The first-order valence-electron chi connectivity index (χ1n) is 8.17. The summed E-state index contributed by atoms with van der Waals surface area (Å²) in [6.45, 7) is 2.83. The Labute approximate surface area is 148 Å². The molecule has 0 N–H and O–H groups in total. The zero-order chi connectivity index (χ0) is 18.8. The van der Waals surface area contributed by atoms with E-state index in [9.17, 15) is 22.8 Å². The first kappa shape index (κ1) is 18.0. The largest absolute Gasteiger partial charge is 0.335 e. The van der Waals surface area contributed by atoms with Crippen molar-refractivity contribution in [1.29, 1.82) is 0 Å². The lowest BCUT2D eigenvalue weighted by molar-refractivity contribution is 0.0532. The van der Waals surface area contributed by atoms with E-state index in [1.165, 1.54) is 4.90 Å². The van der Waals surface area contributed by atoms with E-state index in [4.69, 9.17) is 0 Å². The van der Waals surface area contributed by atoms with Crippen molar-refractivity contribution < 1.29 is 22.8 Å². The number of nitrogens with zero attached hydrogens (tertiary/aromatic N) is 2. The van der Waals surface area contributed by atoms with Crippen LogP contribution in [-0.2, 0) is 0 Å². The fraction of sp³-hybridized carbons (Fsp3) is 0.263. The molecule has 4 nitrogen and oxygen atoms in total. The van der Waals surface area contributed by atoms with Crippen LogP contribution in [-0.4, -0.2) is 47.8 Å². The monoisotopic (exact) mass is 362 g/mol. The maximum atomic E-state index is 13.8. The minimum Gasteiger partial charge on any atom is -0.335 e. The Bertz CT molecular complexity index is 862. The lowest BCUT2D eigenvalue weighted by atomic mass is 10.1. The molecule has 0 unspecified atom stereocenters. The molecule has 0 aliphatic carbocycles. The van der Waals surface area contributed by atoms with Gasteiger partial charge in [0.1, 0.15) is 0 Å². The molecule has 1 heterocycles. The molecule has 26 heavy (non-hydrogen) atoms. The van der Waals surface area contributed by atoms with Crippen LogP contribution in [0.1, 0.15) is 26.3 Å². The normalized spacial score (nSPS) is 14.5. The SMILES string of the molecule is Cc1cccc(C(=O)N2CCN(C(=O)c3ccc(F)c(F)c3F)CC2)c1. The van der Waals surface area contributed by atoms with Crippen molar-refractivity contribution in [1.82, 2.24) is 9.80 Å². The van der Waals surface area contributed by atoms with Crippen molar-refractivity contribution in [2.45, 2.75) is 6.92 Å². The molecule has 1 aliphatic rings. The topological polar surface area (TPSA) is 40.6 Å². The molecule has 0 atom stereocenters. The maximum absolute atomic E-state index is 13.8. The van der Waals surface area contributed by atoms with E-state index in [1.54, 1.807) is 23.1 Å². The molecule has 7 heteroatoms. The number of hydrogen-bond acceptors (Lipinski definition) is 2. The standard InChI is InChI=1S/C19H17F3N2O2/c1-12-3-2-4-13(11-12)18(25)23-7-9-24(10-8-23)19(26)14-5-6-15(20)17(22)16(14)21/h2-6,11H,7-10H2,1H3. The van der Waals surface area contributed by atoms with Crippen molar-refractivity contribution >= 4 is 11.8 Å². The molecule has 2 aromatic carbocycles. The second kappa shape index (κ2) is 7.19. The molecule has 136 valence electrons. The summed E-state index contributed by atoms with van der Waals surface area (Å²) in [6.07, 6.45) is 0. The molecule has 1 saturated heterocycles. The number of piperazine rings is 1. The summed E-state index contributed by atoms with van der Waals surface area (Å²) in [7, 11) is 0.